The van der Waals surface area contributed by atoms with Gasteiger partial charge in [0.1, 0.15) is 6.07 Å². The minimum Gasteiger partial charge on any atom is -0.231 e. The second-order valence-corrected chi connectivity index (χ2v) is 1.87. The normalized spacial score (nSPS) is 23.4. The van der Waals surface area contributed by atoms with Crippen LogP contribution in [0.25, 0.3) is 0 Å². The van der Waals surface area contributed by atoms with Crippen LogP contribution < -0.4 is 0 Å². The van der Waals surface area contributed by atoms with Crippen LogP contribution in [0.1, 0.15) is 12.8 Å². The van der Waals surface area contributed by atoms with Crippen LogP contribution in [0.2, 0.25) is 0 Å². The molecule has 0 aromatic heterocycles. The fourth-order valence-corrected chi connectivity index (χ4v) is 0.494. The Morgan fingerprint density at radius 3 is 2.43 bits per heavy atom. The maximum atomic E-state index is 12.0. The van der Waals surface area contributed by atoms with Crippen LogP contribution in [0.4, 0.5) is 4.39 Å². The van der Waals surface area contributed by atoms with Gasteiger partial charge < -0.3 is 0 Å². The highest BCUT2D eigenvalue weighted by Gasteiger charge is 2.30. The third-order valence-electron chi connectivity index (χ3n) is 1.16. The molecule has 1 unspecified atom stereocenters. The summed E-state index contributed by atoms with van der Waals surface area (Å²) in [6.45, 7) is 0. The number of nitrogens with zero attached hydrogens (tertiary/aromatic N) is 1. The standard InChI is InChI=1S/C5H6FN/c6-5(3-7)4-1-2-4/h4-5H,1-2H2. The molecule has 38 valence electrons. The van der Waals surface area contributed by atoms with Crippen molar-refractivity contribution in [2.24, 2.45) is 5.92 Å². The van der Waals surface area contributed by atoms with E-state index in [1.807, 2.05) is 0 Å². The average molecular weight is 99.1 g/mol. The third kappa shape index (κ3) is 0.894. The summed E-state index contributed by atoms with van der Waals surface area (Å²) in [5, 5.41) is 7.92. The second kappa shape index (κ2) is 1.49. The number of hydrogen-bond donors (Lipinski definition) is 0. The molecule has 0 heterocycles. The van der Waals surface area contributed by atoms with Crippen molar-refractivity contribution in [1.29, 1.82) is 5.26 Å². The van der Waals surface area contributed by atoms with Crippen LogP contribution in [0, 0.1) is 17.2 Å². The van der Waals surface area contributed by atoms with Gasteiger partial charge in [-0.15, -0.1) is 0 Å². The Morgan fingerprint density at radius 2 is 2.29 bits per heavy atom. The lowest BCUT2D eigenvalue weighted by Crippen LogP contribution is -1.95. The first-order valence-corrected chi connectivity index (χ1v) is 2.38. The Hall–Kier alpha value is -0.580. The molecule has 0 aromatic rings. The maximum absolute atomic E-state index is 12.0. The molecule has 7 heavy (non-hydrogen) atoms. The first-order chi connectivity index (χ1) is 3.34. The first kappa shape index (κ1) is 4.58. The zero-order valence-corrected chi connectivity index (χ0v) is 3.89. The summed E-state index contributed by atoms with van der Waals surface area (Å²) in [4.78, 5) is 0. The molecule has 0 aromatic carbocycles. The fourth-order valence-electron chi connectivity index (χ4n) is 0.494. The van der Waals surface area contributed by atoms with Crippen LogP contribution in [-0.4, -0.2) is 6.17 Å². The Kier molecular flexibility index (Phi) is 0.976. The highest BCUT2D eigenvalue weighted by molar-refractivity contribution is 4.94. The van der Waals surface area contributed by atoms with Gasteiger partial charge >= 0.3 is 0 Å². The van der Waals surface area contributed by atoms with Gasteiger partial charge in [-0.2, -0.15) is 5.26 Å². The Bertz CT molecular complexity index is 101. The predicted molar refractivity (Wildman–Crippen MR) is 23.2 cm³/mol. The van der Waals surface area contributed by atoms with Crippen molar-refractivity contribution in [2.75, 3.05) is 0 Å². The molecule has 0 saturated heterocycles. The fraction of sp³-hybridized carbons (Fsp3) is 0.800. The second-order valence-electron chi connectivity index (χ2n) is 1.87. The monoisotopic (exact) mass is 99.0 g/mol. The zero-order valence-electron chi connectivity index (χ0n) is 3.89. The lowest BCUT2D eigenvalue weighted by molar-refractivity contribution is 0.370. The van der Waals surface area contributed by atoms with E-state index in [1.54, 1.807) is 6.07 Å². The van der Waals surface area contributed by atoms with E-state index in [2.05, 4.69) is 0 Å². The lowest BCUT2D eigenvalue weighted by Gasteiger charge is -1.86. The van der Waals surface area contributed by atoms with E-state index >= 15 is 0 Å². The topological polar surface area (TPSA) is 23.8 Å². The Labute approximate surface area is 41.8 Å². The summed E-state index contributed by atoms with van der Waals surface area (Å²) < 4.78 is 12.0. The van der Waals surface area contributed by atoms with Gasteiger partial charge in [0.05, 0.1) is 0 Å². The van der Waals surface area contributed by atoms with E-state index in [-0.39, 0.29) is 5.92 Å². The minimum atomic E-state index is -1.18. The van der Waals surface area contributed by atoms with Crippen molar-refractivity contribution in [3.8, 4) is 6.07 Å². The van der Waals surface area contributed by atoms with Crippen LogP contribution in [-0.2, 0) is 0 Å². The summed E-state index contributed by atoms with van der Waals surface area (Å²) in [7, 11) is 0. The number of halogens is 1. The van der Waals surface area contributed by atoms with E-state index in [4.69, 9.17) is 5.26 Å². The molecule has 1 aliphatic carbocycles. The molecule has 0 spiro atoms. The molecular weight excluding hydrogens is 93.1 g/mol. The maximum Gasteiger partial charge on any atom is 0.189 e. The molecule has 0 bridgehead atoms. The number of alkyl halides is 1. The molecule has 2 heteroatoms. The van der Waals surface area contributed by atoms with Crippen molar-refractivity contribution in [1.82, 2.24) is 0 Å². The molecule has 0 radical (unpaired) electrons. The van der Waals surface area contributed by atoms with E-state index < -0.39 is 6.17 Å². The smallest absolute Gasteiger partial charge is 0.189 e. The zero-order chi connectivity index (χ0) is 5.28. The molecule has 1 fully saturated rings. The summed E-state index contributed by atoms with van der Waals surface area (Å²) >= 11 is 0. The van der Waals surface area contributed by atoms with Gasteiger partial charge in [-0.1, -0.05) is 0 Å². The number of rotatable bonds is 1. The average Bonchev–Trinajstić information content (AvgIpc) is 2.44. The van der Waals surface area contributed by atoms with Gasteiger partial charge in [-0.25, -0.2) is 4.39 Å². The molecule has 0 aliphatic heterocycles. The summed E-state index contributed by atoms with van der Waals surface area (Å²) in [5.74, 6) is 0.0880. The summed E-state index contributed by atoms with van der Waals surface area (Å²) in [6.07, 6.45) is 0.642. The van der Waals surface area contributed by atoms with Crippen LogP contribution >= 0.6 is 0 Å². The van der Waals surface area contributed by atoms with Crippen LogP contribution in [0.3, 0.4) is 0 Å². The highest BCUT2D eigenvalue weighted by atomic mass is 19.1. The van der Waals surface area contributed by atoms with Gasteiger partial charge in [-0.3, -0.25) is 0 Å². The molecule has 1 atom stereocenters. The lowest BCUT2D eigenvalue weighted by atomic mass is 10.3. The van der Waals surface area contributed by atoms with Crippen molar-refractivity contribution in [3.05, 3.63) is 0 Å². The van der Waals surface area contributed by atoms with E-state index in [9.17, 15) is 4.39 Å². The molecule has 0 amide bonds. The minimum absolute atomic E-state index is 0.0880. The molecular formula is C5H6FN. The molecule has 1 nitrogen and oxygen atoms in total. The molecule has 1 saturated carbocycles. The van der Waals surface area contributed by atoms with Crippen molar-refractivity contribution >= 4 is 0 Å². The van der Waals surface area contributed by atoms with E-state index in [0.29, 0.717) is 0 Å². The Balaban J connectivity index is 2.27. The van der Waals surface area contributed by atoms with Gasteiger partial charge in [0.15, 0.2) is 6.17 Å². The van der Waals surface area contributed by atoms with Crippen molar-refractivity contribution in [3.63, 3.8) is 0 Å². The SMILES string of the molecule is N#CC(F)C1CC1. The third-order valence-corrected chi connectivity index (χ3v) is 1.16. The predicted octanol–water partition coefficient (Wildman–Crippen LogP) is 1.26. The van der Waals surface area contributed by atoms with Gasteiger partial charge in [0, 0.05) is 5.92 Å². The molecule has 0 N–H and O–H groups in total. The largest absolute Gasteiger partial charge is 0.231 e. The summed E-state index contributed by atoms with van der Waals surface area (Å²) in [6, 6.07) is 1.56. The number of hydrogen-bond acceptors (Lipinski definition) is 1. The molecule has 1 aliphatic rings. The highest BCUT2D eigenvalue weighted by Crippen LogP contribution is 2.33. The molecule has 1 rings (SSSR count). The van der Waals surface area contributed by atoms with Crippen molar-refractivity contribution < 1.29 is 4.39 Å². The van der Waals surface area contributed by atoms with Gasteiger partial charge in [0.25, 0.3) is 0 Å². The van der Waals surface area contributed by atoms with Crippen LogP contribution in [0.15, 0.2) is 0 Å². The van der Waals surface area contributed by atoms with Gasteiger partial charge in [-0.05, 0) is 12.8 Å². The quantitative estimate of drug-likeness (QED) is 0.485. The number of nitriles is 1. The van der Waals surface area contributed by atoms with E-state index in [0.717, 1.165) is 12.8 Å². The first-order valence-electron chi connectivity index (χ1n) is 2.38. The Morgan fingerprint density at radius 1 is 1.71 bits per heavy atom. The van der Waals surface area contributed by atoms with E-state index in [1.165, 1.54) is 0 Å². The van der Waals surface area contributed by atoms with Crippen LogP contribution in [0.5, 0.6) is 0 Å². The summed E-state index contributed by atoms with van der Waals surface area (Å²) in [5.41, 5.74) is 0. The van der Waals surface area contributed by atoms with Gasteiger partial charge in [0.2, 0.25) is 0 Å². The van der Waals surface area contributed by atoms with Crippen molar-refractivity contribution in [2.45, 2.75) is 19.0 Å².